The SMILES string of the molecule is Cn1ccc(C(=O)Nc2cccc(C#CCCO)c2)n1. The Balaban J connectivity index is 2.08. The van der Waals surface area contributed by atoms with Crippen molar-refractivity contribution < 1.29 is 9.90 Å². The van der Waals surface area contributed by atoms with Gasteiger partial charge in [0.05, 0.1) is 6.61 Å². The number of rotatable bonds is 3. The van der Waals surface area contributed by atoms with Crippen LogP contribution in [-0.4, -0.2) is 27.4 Å². The van der Waals surface area contributed by atoms with Crippen LogP contribution in [0.5, 0.6) is 0 Å². The fourth-order valence-corrected chi connectivity index (χ4v) is 1.63. The predicted octanol–water partition coefficient (Wildman–Crippen LogP) is 1.41. The summed E-state index contributed by atoms with van der Waals surface area (Å²) in [6.45, 7) is 0.0447. The van der Waals surface area contributed by atoms with Crippen molar-refractivity contribution in [1.29, 1.82) is 0 Å². The minimum absolute atomic E-state index is 0.0447. The monoisotopic (exact) mass is 269 g/mol. The summed E-state index contributed by atoms with van der Waals surface area (Å²) in [5, 5.41) is 15.5. The highest BCUT2D eigenvalue weighted by Crippen LogP contribution is 2.11. The lowest BCUT2D eigenvalue weighted by molar-refractivity contribution is 0.102. The zero-order valence-corrected chi connectivity index (χ0v) is 11.1. The van der Waals surface area contributed by atoms with E-state index in [0.717, 1.165) is 5.56 Å². The van der Waals surface area contributed by atoms with Gasteiger partial charge in [-0.05, 0) is 24.3 Å². The lowest BCUT2D eigenvalue weighted by Gasteiger charge is -2.03. The molecule has 0 bridgehead atoms. The largest absolute Gasteiger partial charge is 0.395 e. The molecule has 0 unspecified atom stereocenters. The number of aliphatic hydroxyl groups is 1. The molecular formula is C15H15N3O2. The molecule has 0 saturated carbocycles. The fourth-order valence-electron chi connectivity index (χ4n) is 1.63. The van der Waals surface area contributed by atoms with Gasteiger partial charge in [0, 0.05) is 30.9 Å². The number of hydrogen-bond acceptors (Lipinski definition) is 3. The molecule has 1 amide bonds. The Morgan fingerprint density at radius 3 is 3.00 bits per heavy atom. The standard InChI is InChI=1S/C15H15N3O2/c1-18-9-8-14(17-18)15(20)16-13-7-4-6-12(11-13)5-2-3-10-19/h4,6-9,11,19H,3,10H2,1H3,(H,16,20). The molecule has 1 aromatic carbocycles. The summed E-state index contributed by atoms with van der Waals surface area (Å²) >= 11 is 0. The van der Waals surface area contributed by atoms with Crippen LogP contribution in [0.3, 0.4) is 0 Å². The summed E-state index contributed by atoms with van der Waals surface area (Å²) in [6, 6.07) is 8.89. The highest BCUT2D eigenvalue weighted by atomic mass is 16.2. The van der Waals surface area contributed by atoms with Gasteiger partial charge in [-0.25, -0.2) is 0 Å². The number of aromatic nitrogens is 2. The van der Waals surface area contributed by atoms with E-state index in [1.165, 1.54) is 0 Å². The summed E-state index contributed by atoms with van der Waals surface area (Å²) in [5.74, 6) is 5.50. The molecule has 0 radical (unpaired) electrons. The number of carbonyl (C=O) groups excluding carboxylic acids is 1. The minimum Gasteiger partial charge on any atom is -0.395 e. The molecule has 0 fully saturated rings. The van der Waals surface area contributed by atoms with Gasteiger partial charge in [-0.1, -0.05) is 17.9 Å². The van der Waals surface area contributed by atoms with Crippen molar-refractivity contribution in [3.05, 3.63) is 47.8 Å². The lowest BCUT2D eigenvalue weighted by atomic mass is 10.2. The van der Waals surface area contributed by atoms with Crippen LogP contribution in [-0.2, 0) is 7.05 Å². The second kappa shape index (κ2) is 6.55. The van der Waals surface area contributed by atoms with E-state index in [0.29, 0.717) is 17.8 Å². The minimum atomic E-state index is -0.258. The predicted molar refractivity (Wildman–Crippen MR) is 76.2 cm³/mol. The summed E-state index contributed by atoms with van der Waals surface area (Å²) in [5.41, 5.74) is 1.82. The molecule has 5 nitrogen and oxygen atoms in total. The molecule has 2 rings (SSSR count). The van der Waals surface area contributed by atoms with E-state index < -0.39 is 0 Å². The number of anilines is 1. The number of amides is 1. The topological polar surface area (TPSA) is 67.2 Å². The van der Waals surface area contributed by atoms with Crippen molar-refractivity contribution >= 4 is 11.6 Å². The number of benzene rings is 1. The maximum Gasteiger partial charge on any atom is 0.276 e. The maximum absolute atomic E-state index is 11.9. The van der Waals surface area contributed by atoms with Crippen LogP contribution in [0.15, 0.2) is 36.5 Å². The Hall–Kier alpha value is -2.58. The van der Waals surface area contributed by atoms with Gasteiger partial charge in [0.25, 0.3) is 5.91 Å². The molecule has 0 aliphatic heterocycles. The molecule has 20 heavy (non-hydrogen) atoms. The van der Waals surface area contributed by atoms with Crippen molar-refractivity contribution in [3.63, 3.8) is 0 Å². The Morgan fingerprint density at radius 1 is 1.45 bits per heavy atom. The summed E-state index contributed by atoms with van der Waals surface area (Å²) in [7, 11) is 1.76. The number of nitrogens with zero attached hydrogens (tertiary/aromatic N) is 2. The van der Waals surface area contributed by atoms with Gasteiger partial charge >= 0.3 is 0 Å². The first kappa shape index (κ1) is 13.8. The van der Waals surface area contributed by atoms with Gasteiger partial charge in [0.1, 0.15) is 0 Å². The molecule has 0 spiro atoms. The third-order valence-corrected chi connectivity index (χ3v) is 2.54. The Morgan fingerprint density at radius 2 is 2.30 bits per heavy atom. The van der Waals surface area contributed by atoms with Crippen LogP contribution in [0, 0.1) is 11.8 Å². The second-order valence-corrected chi connectivity index (χ2v) is 4.18. The molecule has 0 atom stereocenters. The smallest absolute Gasteiger partial charge is 0.276 e. The van der Waals surface area contributed by atoms with Gasteiger partial charge in [-0.2, -0.15) is 5.10 Å². The van der Waals surface area contributed by atoms with Gasteiger partial charge in [0.15, 0.2) is 5.69 Å². The maximum atomic E-state index is 11.9. The van der Waals surface area contributed by atoms with Crippen molar-refractivity contribution in [3.8, 4) is 11.8 Å². The Labute approximate surface area is 117 Å². The first-order valence-corrected chi connectivity index (χ1v) is 6.20. The van der Waals surface area contributed by atoms with Crippen molar-refractivity contribution in [2.75, 3.05) is 11.9 Å². The van der Waals surface area contributed by atoms with Crippen LogP contribution in [0.1, 0.15) is 22.5 Å². The average Bonchev–Trinajstić information content (AvgIpc) is 2.86. The summed E-state index contributed by atoms with van der Waals surface area (Å²) in [4.78, 5) is 11.9. The molecule has 1 aromatic heterocycles. The van der Waals surface area contributed by atoms with E-state index in [9.17, 15) is 4.79 Å². The van der Waals surface area contributed by atoms with Crippen LogP contribution < -0.4 is 5.32 Å². The van der Waals surface area contributed by atoms with E-state index in [-0.39, 0.29) is 12.5 Å². The molecule has 1 heterocycles. The zero-order valence-electron chi connectivity index (χ0n) is 11.1. The summed E-state index contributed by atoms with van der Waals surface area (Å²) < 4.78 is 1.58. The molecule has 0 aliphatic rings. The molecule has 2 N–H and O–H groups in total. The Bertz CT molecular complexity index is 665. The van der Waals surface area contributed by atoms with Gasteiger partial charge in [0.2, 0.25) is 0 Å². The van der Waals surface area contributed by atoms with E-state index in [2.05, 4.69) is 22.3 Å². The van der Waals surface area contributed by atoms with Gasteiger partial charge in [-0.15, -0.1) is 0 Å². The average molecular weight is 269 g/mol. The molecule has 0 aliphatic carbocycles. The molecule has 0 saturated heterocycles. The summed E-state index contributed by atoms with van der Waals surface area (Å²) in [6.07, 6.45) is 2.15. The van der Waals surface area contributed by atoms with Gasteiger partial charge in [-0.3, -0.25) is 9.48 Å². The van der Waals surface area contributed by atoms with Crippen molar-refractivity contribution in [2.24, 2.45) is 7.05 Å². The number of aryl methyl sites for hydroxylation is 1. The van der Waals surface area contributed by atoms with E-state index in [1.54, 1.807) is 36.1 Å². The number of nitrogens with one attached hydrogen (secondary N) is 1. The second-order valence-electron chi connectivity index (χ2n) is 4.18. The van der Waals surface area contributed by atoms with Crippen molar-refractivity contribution in [1.82, 2.24) is 9.78 Å². The molecule has 5 heteroatoms. The lowest BCUT2D eigenvalue weighted by Crippen LogP contribution is -2.13. The van der Waals surface area contributed by atoms with Crippen LogP contribution in [0.25, 0.3) is 0 Å². The number of carbonyl (C=O) groups is 1. The Kier molecular flexibility index (Phi) is 4.53. The van der Waals surface area contributed by atoms with Crippen molar-refractivity contribution in [2.45, 2.75) is 6.42 Å². The first-order valence-electron chi connectivity index (χ1n) is 6.20. The quantitative estimate of drug-likeness (QED) is 0.828. The third kappa shape index (κ3) is 3.70. The zero-order chi connectivity index (χ0) is 14.4. The number of aliphatic hydroxyl groups excluding tert-OH is 1. The normalized spacial score (nSPS) is 9.70. The highest BCUT2D eigenvalue weighted by molar-refractivity contribution is 6.02. The van der Waals surface area contributed by atoms with Crippen LogP contribution in [0.2, 0.25) is 0 Å². The highest BCUT2D eigenvalue weighted by Gasteiger charge is 2.08. The van der Waals surface area contributed by atoms with Crippen LogP contribution >= 0.6 is 0 Å². The molecular weight excluding hydrogens is 254 g/mol. The first-order chi connectivity index (χ1) is 9.69. The van der Waals surface area contributed by atoms with E-state index in [1.807, 2.05) is 12.1 Å². The van der Waals surface area contributed by atoms with Crippen LogP contribution in [0.4, 0.5) is 5.69 Å². The van der Waals surface area contributed by atoms with Gasteiger partial charge < -0.3 is 10.4 Å². The number of hydrogen-bond donors (Lipinski definition) is 2. The van der Waals surface area contributed by atoms with E-state index in [4.69, 9.17) is 5.11 Å². The third-order valence-electron chi connectivity index (χ3n) is 2.54. The molecule has 102 valence electrons. The van der Waals surface area contributed by atoms with E-state index >= 15 is 0 Å². The molecule has 2 aromatic rings. The fraction of sp³-hybridized carbons (Fsp3) is 0.200.